The van der Waals surface area contributed by atoms with E-state index >= 15 is 0 Å². The normalized spacial score (nSPS) is 17.3. The number of aromatic nitrogens is 1. The number of fused-ring (bicyclic) bond motifs is 1. The molecule has 0 unspecified atom stereocenters. The van der Waals surface area contributed by atoms with E-state index in [0.717, 1.165) is 24.2 Å². The molecule has 6 nitrogen and oxygen atoms in total. The molecular weight excluding hydrogens is 304 g/mol. The number of nitrogens with one attached hydrogen (secondary N) is 1. The van der Waals surface area contributed by atoms with Gasteiger partial charge in [-0.15, -0.1) is 0 Å². The number of hydrogen-bond acceptors (Lipinski definition) is 3. The van der Waals surface area contributed by atoms with Crippen molar-refractivity contribution in [3.63, 3.8) is 0 Å². The van der Waals surface area contributed by atoms with Crippen LogP contribution < -0.4 is 10.6 Å². The number of rotatable bonds is 3. The molecule has 2 aromatic rings. The molecule has 0 spiro atoms. The van der Waals surface area contributed by atoms with Crippen LogP contribution in [0, 0.1) is 0 Å². The average molecular weight is 326 g/mol. The van der Waals surface area contributed by atoms with Gasteiger partial charge in [0.1, 0.15) is 5.69 Å². The van der Waals surface area contributed by atoms with Gasteiger partial charge < -0.3 is 20.5 Å². The summed E-state index contributed by atoms with van der Waals surface area (Å²) in [7, 11) is 2.05. The van der Waals surface area contributed by atoms with E-state index in [0.29, 0.717) is 17.8 Å². The van der Waals surface area contributed by atoms with Crippen molar-refractivity contribution in [2.75, 3.05) is 18.5 Å². The van der Waals surface area contributed by atoms with Crippen LogP contribution in [0.1, 0.15) is 39.8 Å². The van der Waals surface area contributed by atoms with Gasteiger partial charge in [0.15, 0.2) is 0 Å². The first-order valence-corrected chi connectivity index (χ1v) is 8.09. The van der Waals surface area contributed by atoms with Crippen LogP contribution in [0.3, 0.4) is 0 Å². The van der Waals surface area contributed by atoms with Crippen LogP contribution in [0.5, 0.6) is 0 Å². The Kier molecular flexibility index (Phi) is 4.29. The second-order valence-corrected chi connectivity index (χ2v) is 6.17. The fraction of sp³-hybridized carbons (Fsp3) is 0.333. The highest BCUT2D eigenvalue weighted by molar-refractivity contribution is 5.98. The first kappa shape index (κ1) is 16.1. The minimum absolute atomic E-state index is 0.0928. The van der Waals surface area contributed by atoms with Gasteiger partial charge in [-0.25, -0.2) is 0 Å². The maximum Gasteiger partial charge on any atom is 0.270 e. The number of nitrogens with zero attached hydrogens (tertiary/aromatic N) is 2. The summed E-state index contributed by atoms with van der Waals surface area (Å²) in [4.78, 5) is 31.2. The topological polar surface area (TPSA) is 82.4 Å². The van der Waals surface area contributed by atoms with E-state index in [2.05, 4.69) is 29.9 Å². The number of carbonyl (C=O) groups is 2. The third-order valence-corrected chi connectivity index (χ3v) is 4.60. The fourth-order valence-electron chi connectivity index (χ4n) is 3.24. The van der Waals surface area contributed by atoms with Crippen LogP contribution in [0.2, 0.25) is 0 Å². The summed E-state index contributed by atoms with van der Waals surface area (Å²) in [6.45, 7) is 3.39. The van der Waals surface area contributed by atoms with Gasteiger partial charge in [0.05, 0.1) is 5.56 Å². The number of carbonyl (C=O) groups excluding carboxylic acids is 2. The van der Waals surface area contributed by atoms with E-state index in [1.165, 1.54) is 12.3 Å². The molecule has 2 amide bonds. The summed E-state index contributed by atoms with van der Waals surface area (Å²) < 4.78 is 0. The number of anilines is 1. The van der Waals surface area contributed by atoms with Crippen LogP contribution in [0.4, 0.5) is 5.69 Å². The third kappa shape index (κ3) is 2.87. The van der Waals surface area contributed by atoms with Crippen LogP contribution in [-0.2, 0) is 6.54 Å². The molecule has 3 rings (SSSR count). The molecule has 0 aliphatic carbocycles. The number of para-hydroxylation sites is 1. The summed E-state index contributed by atoms with van der Waals surface area (Å²) >= 11 is 0. The standard InChI is InChI=1S/C18H22N4O2/c1-3-14-11-21(2)16-7-5-4-6-12(16)10-22(14)18(24)15-8-13(9-20-15)17(19)23/h4-9,14,20H,3,10-11H2,1-2H3,(H2,19,23)/t14-/m1/s1. The minimum atomic E-state index is -0.543. The lowest BCUT2D eigenvalue weighted by atomic mass is 10.1. The summed E-state index contributed by atoms with van der Waals surface area (Å²) in [5.74, 6) is -0.655. The van der Waals surface area contributed by atoms with Crippen molar-refractivity contribution in [1.29, 1.82) is 0 Å². The number of primary amides is 1. The highest BCUT2D eigenvalue weighted by Crippen LogP contribution is 2.28. The van der Waals surface area contributed by atoms with E-state index in [1.807, 2.05) is 23.1 Å². The van der Waals surface area contributed by atoms with Crippen molar-refractivity contribution in [3.05, 3.63) is 53.3 Å². The van der Waals surface area contributed by atoms with Crippen LogP contribution in [0.15, 0.2) is 36.5 Å². The van der Waals surface area contributed by atoms with Crippen molar-refractivity contribution >= 4 is 17.5 Å². The maximum atomic E-state index is 13.0. The van der Waals surface area contributed by atoms with Crippen molar-refractivity contribution < 1.29 is 9.59 Å². The minimum Gasteiger partial charge on any atom is -0.372 e. The third-order valence-electron chi connectivity index (χ3n) is 4.60. The van der Waals surface area contributed by atoms with Crippen LogP contribution in [-0.4, -0.2) is 41.3 Å². The molecule has 0 fully saturated rings. The first-order chi connectivity index (χ1) is 11.5. The summed E-state index contributed by atoms with van der Waals surface area (Å²) in [6.07, 6.45) is 2.34. The van der Waals surface area contributed by atoms with E-state index in [9.17, 15) is 9.59 Å². The Hall–Kier alpha value is -2.76. The molecule has 0 saturated heterocycles. The number of hydrogen-bond donors (Lipinski definition) is 2. The van der Waals surface area contributed by atoms with E-state index in [4.69, 9.17) is 5.73 Å². The molecule has 2 heterocycles. The smallest absolute Gasteiger partial charge is 0.270 e. The molecule has 0 saturated carbocycles. The lowest BCUT2D eigenvalue weighted by Gasteiger charge is -2.30. The highest BCUT2D eigenvalue weighted by atomic mass is 16.2. The summed E-state index contributed by atoms with van der Waals surface area (Å²) in [6, 6.07) is 9.75. The number of aromatic amines is 1. The van der Waals surface area contributed by atoms with Crippen molar-refractivity contribution in [1.82, 2.24) is 9.88 Å². The zero-order valence-electron chi connectivity index (χ0n) is 14.0. The molecule has 6 heteroatoms. The Labute approximate surface area is 141 Å². The quantitative estimate of drug-likeness (QED) is 0.905. The van der Waals surface area contributed by atoms with Gasteiger partial charge in [0.2, 0.25) is 5.91 Å². The van der Waals surface area contributed by atoms with Crippen LogP contribution >= 0.6 is 0 Å². The van der Waals surface area contributed by atoms with Crippen molar-refractivity contribution in [2.45, 2.75) is 25.9 Å². The Balaban J connectivity index is 1.94. The van der Waals surface area contributed by atoms with Gasteiger partial charge in [-0.1, -0.05) is 25.1 Å². The number of amides is 2. The highest BCUT2D eigenvalue weighted by Gasteiger charge is 2.30. The monoisotopic (exact) mass is 326 g/mol. The maximum absolute atomic E-state index is 13.0. The van der Waals surface area contributed by atoms with E-state index in [-0.39, 0.29) is 11.9 Å². The molecule has 0 radical (unpaired) electrons. The van der Waals surface area contributed by atoms with Gasteiger partial charge in [-0.3, -0.25) is 9.59 Å². The number of H-pyrrole nitrogens is 1. The zero-order chi connectivity index (χ0) is 17.3. The zero-order valence-corrected chi connectivity index (χ0v) is 14.0. The molecule has 126 valence electrons. The molecular formula is C18H22N4O2. The molecule has 1 atom stereocenters. The Morgan fingerprint density at radius 3 is 2.75 bits per heavy atom. The average Bonchev–Trinajstić information content (AvgIpc) is 3.02. The molecule has 24 heavy (non-hydrogen) atoms. The van der Waals surface area contributed by atoms with Gasteiger partial charge in [-0.2, -0.15) is 0 Å². The lowest BCUT2D eigenvalue weighted by molar-refractivity contribution is 0.0662. The largest absolute Gasteiger partial charge is 0.372 e. The first-order valence-electron chi connectivity index (χ1n) is 8.09. The molecule has 1 aromatic carbocycles. The number of nitrogens with two attached hydrogens (primary N) is 1. The summed E-state index contributed by atoms with van der Waals surface area (Å²) in [5, 5.41) is 0. The van der Waals surface area contributed by atoms with Crippen LogP contribution in [0.25, 0.3) is 0 Å². The Morgan fingerprint density at radius 2 is 2.08 bits per heavy atom. The molecule has 3 N–H and O–H groups in total. The number of likely N-dealkylation sites (N-methyl/N-ethyl adjacent to an activating group) is 1. The van der Waals surface area contributed by atoms with E-state index < -0.39 is 5.91 Å². The fourth-order valence-corrected chi connectivity index (χ4v) is 3.24. The van der Waals surface area contributed by atoms with Gasteiger partial charge in [-0.05, 0) is 24.1 Å². The van der Waals surface area contributed by atoms with Gasteiger partial charge in [0, 0.05) is 38.1 Å². The number of benzene rings is 1. The Bertz CT molecular complexity index is 768. The molecule has 1 aromatic heterocycles. The molecule has 1 aliphatic rings. The second kappa shape index (κ2) is 6.39. The summed E-state index contributed by atoms with van der Waals surface area (Å²) in [5.41, 5.74) is 8.25. The predicted molar refractivity (Wildman–Crippen MR) is 93.0 cm³/mol. The van der Waals surface area contributed by atoms with E-state index in [1.54, 1.807) is 0 Å². The van der Waals surface area contributed by atoms with Gasteiger partial charge >= 0.3 is 0 Å². The van der Waals surface area contributed by atoms with Crippen molar-refractivity contribution in [3.8, 4) is 0 Å². The lowest BCUT2D eigenvalue weighted by Crippen LogP contribution is -2.43. The second-order valence-electron chi connectivity index (χ2n) is 6.17. The Morgan fingerprint density at radius 1 is 1.33 bits per heavy atom. The molecule has 0 bridgehead atoms. The predicted octanol–water partition coefficient (Wildman–Crippen LogP) is 1.98. The van der Waals surface area contributed by atoms with Crippen molar-refractivity contribution in [2.24, 2.45) is 5.73 Å². The van der Waals surface area contributed by atoms with Gasteiger partial charge in [0.25, 0.3) is 5.91 Å². The molecule has 1 aliphatic heterocycles. The SMILES string of the molecule is CC[C@@H]1CN(C)c2ccccc2CN1C(=O)c1cc(C(N)=O)c[nH]1.